The van der Waals surface area contributed by atoms with E-state index in [9.17, 15) is 31.5 Å². The number of guanidine groups is 1. The highest BCUT2D eigenvalue weighted by atomic mass is 35.5. The van der Waals surface area contributed by atoms with Gasteiger partial charge < -0.3 is 10.5 Å². The molecule has 2 aromatic carbocycles. The summed E-state index contributed by atoms with van der Waals surface area (Å²) in [5.74, 6) is -5.77. The van der Waals surface area contributed by atoms with E-state index in [1.165, 1.54) is 30.3 Å². The zero-order valence-corrected chi connectivity index (χ0v) is 30.4. The molecule has 1 saturated carbocycles. The van der Waals surface area contributed by atoms with Gasteiger partial charge in [0.2, 0.25) is 0 Å². The first kappa shape index (κ1) is 38.8. The van der Waals surface area contributed by atoms with Crippen molar-refractivity contribution in [2.24, 2.45) is 22.1 Å². The van der Waals surface area contributed by atoms with Crippen LogP contribution in [0.3, 0.4) is 0 Å². The van der Waals surface area contributed by atoms with E-state index in [0.29, 0.717) is 5.56 Å². The summed E-state index contributed by atoms with van der Waals surface area (Å²) in [6.45, 7) is 5.63. The Balaban J connectivity index is 1.41. The summed E-state index contributed by atoms with van der Waals surface area (Å²) in [5, 5.41) is 8.15. The average molecular weight is 779 g/mol. The van der Waals surface area contributed by atoms with Gasteiger partial charge in [-0.1, -0.05) is 57.5 Å². The molecule has 6 rings (SSSR count). The van der Waals surface area contributed by atoms with Crippen LogP contribution in [0.2, 0.25) is 5.02 Å². The van der Waals surface area contributed by atoms with Gasteiger partial charge in [-0.25, -0.2) is 27.8 Å². The number of hydrogen-bond donors (Lipinski definition) is 1. The topological polar surface area (TPSA) is 134 Å². The third-order valence-electron chi connectivity index (χ3n) is 9.29. The quantitative estimate of drug-likeness (QED) is 0.114. The summed E-state index contributed by atoms with van der Waals surface area (Å²) >= 11 is 6.41. The SMILES string of the molecule is C[C@H](CC(=O)OC[C@H](c1ccc(Cl)c(-n2ncnc2C(F)F)c1)N1C(=O)[C@@](CC(C)(C)C)(c2ccc(-c3cnn(C4CC4)c3)c(F)c2)N=C1N)C(F)(F)F. The number of hydrogen-bond acceptors (Lipinski definition) is 8. The van der Waals surface area contributed by atoms with Crippen LogP contribution in [0, 0.1) is 17.2 Å². The summed E-state index contributed by atoms with van der Waals surface area (Å²) in [5.41, 5.74) is 5.08. The summed E-state index contributed by atoms with van der Waals surface area (Å²) in [6.07, 6.45) is -2.56. The summed E-state index contributed by atoms with van der Waals surface area (Å²) < 4.78 is 91.5. The van der Waals surface area contributed by atoms with Gasteiger partial charge >= 0.3 is 12.1 Å². The number of nitrogens with zero attached hydrogens (tertiary/aromatic N) is 7. The van der Waals surface area contributed by atoms with Crippen LogP contribution < -0.4 is 5.73 Å². The van der Waals surface area contributed by atoms with Gasteiger partial charge in [0, 0.05) is 17.3 Å². The van der Waals surface area contributed by atoms with Gasteiger partial charge in [-0.3, -0.25) is 19.2 Å². The van der Waals surface area contributed by atoms with Crippen LogP contribution >= 0.6 is 11.6 Å². The fraction of sp³-hybridized carbons (Fsp3) is 0.444. The van der Waals surface area contributed by atoms with Crippen LogP contribution in [0.1, 0.15) is 88.8 Å². The van der Waals surface area contributed by atoms with Crippen molar-refractivity contribution < 1.29 is 40.7 Å². The molecule has 1 amide bonds. The first-order valence-electron chi connectivity index (χ1n) is 17.0. The number of carbonyl (C=O) groups is 2. The molecule has 1 aliphatic carbocycles. The Kier molecular flexibility index (Phi) is 10.3. The Morgan fingerprint density at radius 2 is 1.83 bits per heavy atom. The molecule has 0 unspecified atom stereocenters. The summed E-state index contributed by atoms with van der Waals surface area (Å²) in [7, 11) is 0. The van der Waals surface area contributed by atoms with Crippen LogP contribution in [-0.2, 0) is 19.9 Å². The second-order valence-electron chi connectivity index (χ2n) is 14.8. The maximum atomic E-state index is 16.0. The number of nitrogens with two attached hydrogens (primary N) is 1. The maximum Gasteiger partial charge on any atom is 0.392 e. The minimum Gasteiger partial charge on any atom is -0.463 e. The predicted molar refractivity (Wildman–Crippen MR) is 185 cm³/mol. The standard InChI is InChI=1S/C36H37ClF6N8O3/c1-19(36(41,42)43)11-29(52)54-16-28(20-5-10-25(37)27(12-20)51-31(30(39)40)45-18-47-51)50-32(53)35(48-33(50)44,17-34(2,3)4)22-6-9-24(26(38)13-22)21-14-46-49(15-21)23-7-8-23/h5-6,9-10,12-15,18-19,23,28,30H,7-8,11,16-17H2,1-4H3,(H2,44,48)/t19-,28-,35-/m1/s1. The van der Waals surface area contributed by atoms with Crippen molar-refractivity contribution in [1.82, 2.24) is 29.4 Å². The lowest BCUT2D eigenvalue weighted by Crippen LogP contribution is -2.47. The van der Waals surface area contributed by atoms with E-state index in [1.54, 1.807) is 23.1 Å². The molecule has 0 saturated heterocycles. The lowest BCUT2D eigenvalue weighted by Gasteiger charge is -2.35. The number of halogens is 7. The Bertz CT molecular complexity index is 2090. The molecule has 288 valence electrons. The zero-order chi connectivity index (χ0) is 39.3. The number of ether oxygens (including phenoxy) is 1. The highest BCUT2D eigenvalue weighted by molar-refractivity contribution is 6.32. The molecule has 0 spiro atoms. The van der Waals surface area contributed by atoms with Crippen molar-refractivity contribution in [1.29, 1.82) is 0 Å². The van der Waals surface area contributed by atoms with Crippen LogP contribution in [-0.4, -0.2) is 60.1 Å². The lowest BCUT2D eigenvalue weighted by molar-refractivity contribution is -0.181. The van der Waals surface area contributed by atoms with E-state index in [2.05, 4.69) is 20.2 Å². The average Bonchev–Trinajstić information content (AvgIpc) is 3.49. The smallest absolute Gasteiger partial charge is 0.392 e. The molecule has 54 heavy (non-hydrogen) atoms. The number of benzene rings is 2. The number of aromatic nitrogens is 5. The monoisotopic (exact) mass is 778 g/mol. The molecule has 2 N–H and O–H groups in total. The van der Waals surface area contributed by atoms with E-state index in [-0.39, 0.29) is 45.8 Å². The van der Waals surface area contributed by atoms with Gasteiger partial charge in [0.1, 0.15) is 18.8 Å². The third-order valence-corrected chi connectivity index (χ3v) is 9.61. The highest BCUT2D eigenvalue weighted by Crippen LogP contribution is 2.46. The van der Waals surface area contributed by atoms with Gasteiger partial charge in [-0.2, -0.15) is 23.4 Å². The minimum absolute atomic E-state index is 0.0204. The Labute approximate surface area is 311 Å². The molecule has 18 heteroatoms. The molecular weight excluding hydrogens is 742 g/mol. The molecule has 2 aliphatic rings. The Hall–Kier alpha value is -4.93. The molecule has 2 aromatic heterocycles. The second kappa shape index (κ2) is 14.4. The maximum absolute atomic E-state index is 16.0. The number of esters is 1. The highest BCUT2D eigenvalue weighted by Gasteiger charge is 2.53. The van der Waals surface area contributed by atoms with Crippen LogP contribution in [0.25, 0.3) is 16.8 Å². The van der Waals surface area contributed by atoms with Gasteiger partial charge in [0.15, 0.2) is 17.3 Å². The zero-order valence-electron chi connectivity index (χ0n) is 29.6. The van der Waals surface area contributed by atoms with Gasteiger partial charge in [-0.15, -0.1) is 0 Å². The van der Waals surface area contributed by atoms with Gasteiger partial charge in [-0.05, 0) is 54.0 Å². The predicted octanol–water partition coefficient (Wildman–Crippen LogP) is 7.86. The van der Waals surface area contributed by atoms with Gasteiger partial charge in [0.25, 0.3) is 12.3 Å². The molecule has 0 radical (unpaired) electrons. The third kappa shape index (κ3) is 7.81. The molecule has 1 fully saturated rings. The normalized spacial score (nSPS) is 19.0. The molecule has 11 nitrogen and oxygen atoms in total. The van der Waals surface area contributed by atoms with Gasteiger partial charge in [0.05, 0.1) is 41.3 Å². The van der Waals surface area contributed by atoms with E-state index in [0.717, 1.165) is 35.7 Å². The number of rotatable bonds is 12. The number of aliphatic imine (C=N–C) groups is 1. The largest absolute Gasteiger partial charge is 0.463 e. The van der Waals surface area contributed by atoms with Crippen LogP contribution in [0.15, 0.2) is 60.1 Å². The van der Waals surface area contributed by atoms with Crippen molar-refractivity contribution >= 4 is 29.4 Å². The molecule has 1 aliphatic heterocycles. The molecule has 4 aromatic rings. The van der Waals surface area contributed by atoms with Crippen molar-refractivity contribution in [3.8, 4) is 16.8 Å². The van der Waals surface area contributed by atoms with E-state index >= 15 is 4.39 Å². The van der Waals surface area contributed by atoms with Crippen molar-refractivity contribution in [3.05, 3.63) is 82.9 Å². The Morgan fingerprint density at radius 3 is 2.46 bits per heavy atom. The number of carbonyl (C=O) groups excluding carboxylic acids is 2. The van der Waals surface area contributed by atoms with Crippen LogP contribution in [0.5, 0.6) is 0 Å². The summed E-state index contributed by atoms with van der Waals surface area (Å²) in [4.78, 5) is 36.9. The number of alkyl halides is 5. The van der Waals surface area contributed by atoms with Crippen molar-refractivity contribution in [3.63, 3.8) is 0 Å². The molecule has 3 atom stereocenters. The minimum atomic E-state index is -4.68. The fourth-order valence-electron chi connectivity index (χ4n) is 6.50. The second-order valence-corrected chi connectivity index (χ2v) is 15.2. The first-order valence-corrected chi connectivity index (χ1v) is 17.4. The van der Waals surface area contributed by atoms with Crippen LogP contribution in [0.4, 0.5) is 26.3 Å². The lowest BCUT2D eigenvalue weighted by atomic mass is 9.75. The molecule has 0 bridgehead atoms. The Morgan fingerprint density at radius 1 is 1.11 bits per heavy atom. The number of amides is 1. The van der Waals surface area contributed by atoms with Crippen molar-refractivity contribution in [2.75, 3.05) is 6.61 Å². The van der Waals surface area contributed by atoms with E-state index in [4.69, 9.17) is 22.1 Å². The van der Waals surface area contributed by atoms with Crippen molar-refractivity contribution in [2.45, 2.75) is 83.6 Å². The molecular formula is C36H37ClF6N8O3. The summed E-state index contributed by atoms with van der Waals surface area (Å²) in [6, 6.07) is 7.22. The van der Waals surface area contributed by atoms with E-state index in [1.807, 2.05) is 20.8 Å². The molecule has 3 heterocycles. The fourth-order valence-corrected chi connectivity index (χ4v) is 6.69. The first-order chi connectivity index (χ1) is 25.3. The van der Waals surface area contributed by atoms with E-state index < -0.39 is 72.1 Å².